The molecule has 0 bridgehead atoms. The number of hydrogen-bond donors (Lipinski definition) is 1. The predicted molar refractivity (Wildman–Crippen MR) is 98.1 cm³/mol. The second-order valence-corrected chi connectivity index (χ2v) is 7.46. The van der Waals surface area contributed by atoms with Gasteiger partial charge >= 0.3 is 7.12 Å². The first-order valence-corrected chi connectivity index (χ1v) is 8.36. The molecule has 25 heavy (non-hydrogen) atoms. The van der Waals surface area contributed by atoms with Gasteiger partial charge in [0.1, 0.15) is 5.69 Å². The average Bonchev–Trinajstić information content (AvgIpc) is 3.02. The van der Waals surface area contributed by atoms with Crippen LogP contribution in [-0.4, -0.2) is 34.0 Å². The number of nitrogens with one attached hydrogen (secondary N) is 1. The lowest BCUT2D eigenvalue weighted by Gasteiger charge is -2.32. The largest absolute Gasteiger partial charge is 0.494 e. The smallest absolute Gasteiger partial charge is 0.399 e. The lowest BCUT2D eigenvalue weighted by atomic mass is 9.78. The van der Waals surface area contributed by atoms with Gasteiger partial charge in [0, 0.05) is 18.9 Å². The summed E-state index contributed by atoms with van der Waals surface area (Å²) >= 11 is 0. The van der Waals surface area contributed by atoms with Crippen molar-refractivity contribution in [2.75, 3.05) is 5.32 Å². The van der Waals surface area contributed by atoms with Gasteiger partial charge in [0.05, 0.1) is 11.2 Å². The van der Waals surface area contributed by atoms with Gasteiger partial charge in [0.15, 0.2) is 0 Å². The summed E-state index contributed by atoms with van der Waals surface area (Å²) in [5.41, 5.74) is 2.40. The quantitative estimate of drug-likeness (QED) is 0.870. The van der Waals surface area contributed by atoms with Gasteiger partial charge in [-0.3, -0.25) is 9.48 Å². The Balaban J connectivity index is 1.78. The molecule has 0 atom stereocenters. The van der Waals surface area contributed by atoms with E-state index >= 15 is 0 Å². The summed E-state index contributed by atoms with van der Waals surface area (Å²) in [6, 6.07) is 7.47. The molecule has 6 nitrogen and oxygen atoms in total. The highest BCUT2D eigenvalue weighted by Crippen LogP contribution is 2.36. The molecule has 1 amide bonds. The number of nitrogens with zero attached hydrogens (tertiary/aromatic N) is 2. The Kier molecular flexibility index (Phi) is 4.25. The SMILES string of the molecule is Cc1cc(B2OC(C)(C)C(C)(C)O2)ccc1NC(=O)c1ccnn1C. The van der Waals surface area contributed by atoms with Crippen LogP contribution < -0.4 is 10.8 Å². The maximum absolute atomic E-state index is 12.3. The van der Waals surface area contributed by atoms with Gasteiger partial charge in [-0.25, -0.2) is 0 Å². The first-order chi connectivity index (χ1) is 11.6. The van der Waals surface area contributed by atoms with Gasteiger partial charge in [-0.2, -0.15) is 5.10 Å². The molecule has 0 saturated carbocycles. The van der Waals surface area contributed by atoms with Crippen molar-refractivity contribution in [1.82, 2.24) is 9.78 Å². The van der Waals surface area contributed by atoms with Crippen LogP contribution in [0.3, 0.4) is 0 Å². The molecule has 132 valence electrons. The maximum atomic E-state index is 12.3. The Morgan fingerprint density at radius 1 is 1.16 bits per heavy atom. The number of aryl methyl sites for hydroxylation is 2. The van der Waals surface area contributed by atoms with Crippen LogP contribution in [-0.2, 0) is 16.4 Å². The molecule has 1 aromatic carbocycles. The van der Waals surface area contributed by atoms with Crippen molar-refractivity contribution < 1.29 is 14.1 Å². The Bertz CT molecular complexity index is 798. The van der Waals surface area contributed by atoms with Crippen LogP contribution in [0.15, 0.2) is 30.5 Å². The molecule has 2 heterocycles. The zero-order chi connectivity index (χ0) is 18.4. The van der Waals surface area contributed by atoms with E-state index in [9.17, 15) is 4.79 Å². The van der Waals surface area contributed by atoms with Crippen LogP contribution >= 0.6 is 0 Å². The average molecular weight is 341 g/mol. The van der Waals surface area contributed by atoms with Crippen molar-refractivity contribution in [1.29, 1.82) is 0 Å². The summed E-state index contributed by atoms with van der Waals surface area (Å²) in [6.45, 7) is 10.1. The summed E-state index contributed by atoms with van der Waals surface area (Å²) in [5, 5.41) is 6.94. The van der Waals surface area contributed by atoms with Gasteiger partial charge in [-0.05, 0) is 57.8 Å². The van der Waals surface area contributed by atoms with E-state index in [2.05, 4.69) is 10.4 Å². The second kappa shape index (κ2) is 6.00. The first-order valence-electron chi connectivity index (χ1n) is 8.36. The predicted octanol–water partition coefficient (Wildman–Crippen LogP) is 2.28. The standard InChI is InChI=1S/C18H24BN3O3/c1-12-11-13(19-24-17(2,3)18(4,5)25-19)7-8-14(12)21-16(23)15-9-10-20-22(15)6/h7-11H,1-6H3,(H,21,23). The summed E-state index contributed by atoms with van der Waals surface area (Å²) < 4.78 is 13.7. The van der Waals surface area contributed by atoms with E-state index in [1.165, 1.54) is 0 Å². The summed E-state index contributed by atoms with van der Waals surface area (Å²) in [5.74, 6) is -0.188. The van der Waals surface area contributed by atoms with Crippen LogP contribution in [0.25, 0.3) is 0 Å². The number of carbonyl (C=O) groups is 1. The number of amides is 1. The molecule has 3 rings (SSSR count). The number of benzene rings is 1. The molecule has 1 aromatic heterocycles. The Hall–Kier alpha value is -2.12. The van der Waals surface area contributed by atoms with Gasteiger partial charge in [-0.1, -0.05) is 12.1 Å². The van der Waals surface area contributed by atoms with E-state index < -0.39 is 7.12 Å². The van der Waals surface area contributed by atoms with Crippen molar-refractivity contribution in [2.24, 2.45) is 7.05 Å². The lowest BCUT2D eigenvalue weighted by molar-refractivity contribution is 0.00578. The van der Waals surface area contributed by atoms with Crippen molar-refractivity contribution in [3.8, 4) is 0 Å². The molecule has 0 spiro atoms. The Morgan fingerprint density at radius 2 is 1.80 bits per heavy atom. The van der Waals surface area contributed by atoms with Crippen molar-refractivity contribution in [2.45, 2.75) is 45.8 Å². The molecule has 0 radical (unpaired) electrons. The Morgan fingerprint density at radius 3 is 2.32 bits per heavy atom. The van der Waals surface area contributed by atoms with E-state index in [0.29, 0.717) is 5.69 Å². The van der Waals surface area contributed by atoms with Crippen LogP contribution in [0.5, 0.6) is 0 Å². The van der Waals surface area contributed by atoms with Crippen LogP contribution in [0.4, 0.5) is 5.69 Å². The minimum Gasteiger partial charge on any atom is -0.399 e. The first kappa shape index (κ1) is 17.7. The molecular weight excluding hydrogens is 317 g/mol. The lowest BCUT2D eigenvalue weighted by Crippen LogP contribution is -2.41. The molecule has 2 aromatic rings. The third-order valence-corrected chi connectivity index (χ3v) is 5.08. The Labute approximate surface area is 148 Å². The number of anilines is 1. The molecule has 1 saturated heterocycles. The minimum absolute atomic E-state index is 0.188. The van der Waals surface area contributed by atoms with Crippen molar-refractivity contribution in [3.63, 3.8) is 0 Å². The molecular formula is C18H24BN3O3. The topological polar surface area (TPSA) is 65.4 Å². The van der Waals surface area contributed by atoms with E-state index in [4.69, 9.17) is 9.31 Å². The second-order valence-electron chi connectivity index (χ2n) is 7.46. The fourth-order valence-corrected chi connectivity index (χ4v) is 2.74. The van der Waals surface area contributed by atoms with Crippen molar-refractivity contribution >= 4 is 24.2 Å². The van der Waals surface area contributed by atoms with E-state index in [-0.39, 0.29) is 17.1 Å². The highest BCUT2D eigenvalue weighted by Gasteiger charge is 2.51. The summed E-state index contributed by atoms with van der Waals surface area (Å²) in [4.78, 5) is 12.3. The summed E-state index contributed by atoms with van der Waals surface area (Å²) in [6.07, 6.45) is 1.60. The normalized spacial score (nSPS) is 18.4. The molecule has 0 unspecified atom stereocenters. The van der Waals surface area contributed by atoms with Gasteiger partial charge in [0.25, 0.3) is 5.91 Å². The highest BCUT2D eigenvalue weighted by molar-refractivity contribution is 6.62. The molecule has 0 aliphatic carbocycles. The molecule has 1 aliphatic heterocycles. The van der Waals surface area contributed by atoms with Crippen molar-refractivity contribution in [3.05, 3.63) is 41.7 Å². The fourth-order valence-electron chi connectivity index (χ4n) is 2.74. The van der Waals surface area contributed by atoms with Crippen LogP contribution in [0.1, 0.15) is 43.7 Å². The third-order valence-electron chi connectivity index (χ3n) is 5.08. The molecule has 1 aliphatic rings. The van der Waals surface area contributed by atoms with Gasteiger partial charge < -0.3 is 14.6 Å². The van der Waals surface area contributed by atoms with Gasteiger partial charge in [0.2, 0.25) is 0 Å². The number of rotatable bonds is 3. The molecule has 1 N–H and O–H groups in total. The van der Waals surface area contributed by atoms with E-state index in [1.54, 1.807) is 24.0 Å². The fraction of sp³-hybridized carbons (Fsp3) is 0.444. The number of carbonyl (C=O) groups excluding carboxylic acids is 1. The third kappa shape index (κ3) is 3.21. The number of aromatic nitrogens is 2. The highest BCUT2D eigenvalue weighted by atomic mass is 16.7. The monoisotopic (exact) mass is 341 g/mol. The zero-order valence-corrected chi connectivity index (χ0v) is 15.6. The van der Waals surface area contributed by atoms with E-state index in [0.717, 1.165) is 16.7 Å². The minimum atomic E-state index is -0.412. The molecule has 1 fully saturated rings. The van der Waals surface area contributed by atoms with Crippen LogP contribution in [0, 0.1) is 6.92 Å². The number of hydrogen-bond acceptors (Lipinski definition) is 4. The zero-order valence-electron chi connectivity index (χ0n) is 15.6. The van der Waals surface area contributed by atoms with E-state index in [1.807, 2.05) is 52.8 Å². The molecule has 7 heteroatoms. The van der Waals surface area contributed by atoms with Crippen LogP contribution in [0.2, 0.25) is 0 Å². The van der Waals surface area contributed by atoms with Gasteiger partial charge in [-0.15, -0.1) is 0 Å². The summed E-state index contributed by atoms with van der Waals surface area (Å²) in [7, 11) is 1.33. The maximum Gasteiger partial charge on any atom is 0.494 e.